The maximum atomic E-state index is 11.3. The number of ether oxygens (including phenoxy) is 1. The van der Waals surface area contributed by atoms with E-state index in [1.807, 2.05) is 0 Å². The Balaban J connectivity index is 2.07. The first-order valence-corrected chi connectivity index (χ1v) is 5.91. The van der Waals surface area contributed by atoms with Crippen LogP contribution in [-0.4, -0.2) is 18.5 Å². The molecule has 3 aliphatic carbocycles. The molecule has 14 heavy (non-hydrogen) atoms. The molecule has 2 nitrogen and oxygen atoms in total. The van der Waals surface area contributed by atoms with Gasteiger partial charge in [0.15, 0.2) is 6.29 Å². The Morgan fingerprint density at radius 3 is 2.50 bits per heavy atom. The second-order valence-corrected chi connectivity index (χ2v) is 4.84. The molecule has 0 aliphatic heterocycles. The maximum absolute atomic E-state index is 11.3. The predicted molar refractivity (Wildman–Crippen MR) is 55.1 cm³/mol. The highest BCUT2D eigenvalue weighted by Crippen LogP contribution is 2.48. The summed E-state index contributed by atoms with van der Waals surface area (Å²) in [6.45, 7) is 2.83. The molecule has 2 bridgehead atoms. The largest absolute Gasteiger partial charge is 0.367 e. The lowest BCUT2D eigenvalue weighted by Gasteiger charge is -2.48. The summed E-state index contributed by atoms with van der Waals surface area (Å²) >= 11 is 0. The van der Waals surface area contributed by atoms with Crippen molar-refractivity contribution in [2.24, 2.45) is 11.8 Å². The molecule has 0 spiro atoms. The van der Waals surface area contributed by atoms with Crippen LogP contribution < -0.4 is 0 Å². The lowest BCUT2D eigenvalue weighted by molar-refractivity contribution is -0.159. The number of hydrogen-bond donors (Lipinski definition) is 0. The van der Waals surface area contributed by atoms with Crippen LogP contribution in [0.4, 0.5) is 0 Å². The van der Waals surface area contributed by atoms with Crippen molar-refractivity contribution in [3.05, 3.63) is 0 Å². The molecule has 0 saturated heterocycles. The Kier molecular flexibility index (Phi) is 2.91. The Morgan fingerprint density at radius 2 is 2.07 bits per heavy atom. The van der Waals surface area contributed by atoms with Crippen molar-refractivity contribution in [1.82, 2.24) is 0 Å². The number of carbonyl (C=O) groups excluding carboxylic acids is 1. The van der Waals surface area contributed by atoms with Crippen LogP contribution in [0.2, 0.25) is 0 Å². The van der Waals surface area contributed by atoms with Crippen LogP contribution in [0.15, 0.2) is 0 Å². The van der Waals surface area contributed by atoms with Gasteiger partial charge in [0.1, 0.15) is 5.60 Å². The van der Waals surface area contributed by atoms with Gasteiger partial charge in [-0.15, -0.1) is 0 Å². The van der Waals surface area contributed by atoms with Crippen LogP contribution in [0.1, 0.15) is 45.4 Å². The van der Waals surface area contributed by atoms with E-state index in [-0.39, 0.29) is 0 Å². The Bertz CT molecular complexity index is 206. The van der Waals surface area contributed by atoms with Gasteiger partial charge in [0.05, 0.1) is 0 Å². The first-order valence-electron chi connectivity index (χ1n) is 5.91. The molecule has 0 aromatic rings. The van der Waals surface area contributed by atoms with Gasteiger partial charge in [-0.2, -0.15) is 0 Å². The average molecular weight is 196 g/mol. The summed E-state index contributed by atoms with van der Waals surface area (Å²) in [6, 6.07) is 0. The van der Waals surface area contributed by atoms with Crippen LogP contribution in [0.3, 0.4) is 0 Å². The highest BCUT2D eigenvalue weighted by atomic mass is 16.5. The third kappa shape index (κ3) is 1.60. The van der Waals surface area contributed by atoms with E-state index in [2.05, 4.69) is 6.92 Å². The quantitative estimate of drug-likeness (QED) is 0.646. The van der Waals surface area contributed by atoms with Crippen LogP contribution in [0.5, 0.6) is 0 Å². The molecule has 0 amide bonds. The first kappa shape index (κ1) is 10.2. The fraction of sp³-hybridized carbons (Fsp3) is 0.917. The number of aldehydes is 1. The molecule has 1 atom stereocenters. The van der Waals surface area contributed by atoms with Gasteiger partial charge in [-0.05, 0) is 50.4 Å². The van der Waals surface area contributed by atoms with Crippen LogP contribution in [0.25, 0.3) is 0 Å². The van der Waals surface area contributed by atoms with Gasteiger partial charge in [-0.1, -0.05) is 6.92 Å². The fourth-order valence-electron chi connectivity index (χ4n) is 3.12. The molecule has 0 N–H and O–H groups in total. The van der Waals surface area contributed by atoms with E-state index in [1.165, 1.54) is 25.7 Å². The zero-order chi connectivity index (χ0) is 10.0. The lowest BCUT2D eigenvalue weighted by Crippen LogP contribution is -2.50. The summed E-state index contributed by atoms with van der Waals surface area (Å²) in [5.74, 6) is 1.26. The van der Waals surface area contributed by atoms with Crippen molar-refractivity contribution < 1.29 is 9.53 Å². The minimum absolute atomic E-state index is 0.392. The highest BCUT2D eigenvalue weighted by Gasteiger charge is 2.48. The summed E-state index contributed by atoms with van der Waals surface area (Å²) in [6.07, 6.45) is 8.12. The van der Waals surface area contributed by atoms with E-state index in [4.69, 9.17) is 4.74 Å². The molecule has 3 rings (SSSR count). The SMILES string of the molecule is CCCOC1(C=O)CC2CCC1CC2. The van der Waals surface area contributed by atoms with Crippen LogP contribution >= 0.6 is 0 Å². The molecule has 3 aliphatic rings. The molecule has 0 aromatic carbocycles. The molecule has 3 fully saturated rings. The third-order valence-corrected chi connectivity index (χ3v) is 3.92. The van der Waals surface area contributed by atoms with Gasteiger partial charge in [0.25, 0.3) is 0 Å². The zero-order valence-electron chi connectivity index (χ0n) is 9.00. The Labute approximate surface area is 86.0 Å². The van der Waals surface area contributed by atoms with Crippen molar-refractivity contribution in [3.8, 4) is 0 Å². The van der Waals surface area contributed by atoms with Crippen molar-refractivity contribution in [2.45, 2.75) is 51.0 Å². The molecule has 0 radical (unpaired) electrons. The van der Waals surface area contributed by atoms with E-state index in [1.54, 1.807) is 0 Å². The second kappa shape index (κ2) is 4.01. The van der Waals surface area contributed by atoms with Crippen molar-refractivity contribution in [1.29, 1.82) is 0 Å². The van der Waals surface area contributed by atoms with Crippen molar-refractivity contribution in [3.63, 3.8) is 0 Å². The van der Waals surface area contributed by atoms with E-state index < -0.39 is 5.60 Å². The Morgan fingerprint density at radius 1 is 1.36 bits per heavy atom. The standard InChI is InChI=1S/C12H20O2/c1-2-7-14-12(9-13)8-10-3-5-11(12)6-4-10/h9-11H,2-8H2,1H3. The normalized spacial score (nSPS) is 41.2. The molecule has 0 heterocycles. The van der Waals surface area contributed by atoms with E-state index >= 15 is 0 Å². The van der Waals surface area contributed by atoms with Gasteiger partial charge in [-0.25, -0.2) is 0 Å². The average Bonchev–Trinajstić information content (AvgIpc) is 2.28. The zero-order valence-corrected chi connectivity index (χ0v) is 9.00. The molecule has 1 unspecified atom stereocenters. The van der Waals surface area contributed by atoms with Gasteiger partial charge in [0, 0.05) is 6.61 Å². The van der Waals surface area contributed by atoms with Gasteiger partial charge in [0.2, 0.25) is 0 Å². The molecular formula is C12H20O2. The molecule has 2 heteroatoms. The molecule has 3 saturated carbocycles. The van der Waals surface area contributed by atoms with E-state index in [0.29, 0.717) is 5.92 Å². The van der Waals surface area contributed by atoms with Crippen LogP contribution in [-0.2, 0) is 9.53 Å². The smallest absolute Gasteiger partial charge is 0.152 e. The summed E-state index contributed by atoms with van der Waals surface area (Å²) < 4.78 is 5.83. The van der Waals surface area contributed by atoms with Crippen molar-refractivity contribution >= 4 is 6.29 Å². The van der Waals surface area contributed by atoms with Crippen molar-refractivity contribution in [2.75, 3.05) is 6.61 Å². The molecule has 0 aromatic heterocycles. The lowest BCUT2D eigenvalue weighted by atomic mass is 9.62. The van der Waals surface area contributed by atoms with E-state index in [9.17, 15) is 4.79 Å². The van der Waals surface area contributed by atoms with Gasteiger partial charge in [-0.3, -0.25) is 0 Å². The third-order valence-electron chi connectivity index (χ3n) is 3.92. The fourth-order valence-corrected chi connectivity index (χ4v) is 3.12. The summed E-state index contributed by atoms with van der Waals surface area (Å²) in [4.78, 5) is 11.3. The minimum Gasteiger partial charge on any atom is -0.367 e. The second-order valence-electron chi connectivity index (χ2n) is 4.84. The van der Waals surface area contributed by atoms with E-state index in [0.717, 1.165) is 31.7 Å². The molecule has 80 valence electrons. The minimum atomic E-state index is -0.392. The first-order chi connectivity index (χ1) is 6.80. The Hall–Kier alpha value is -0.370. The highest BCUT2D eigenvalue weighted by molar-refractivity contribution is 5.64. The van der Waals surface area contributed by atoms with Gasteiger partial charge < -0.3 is 9.53 Å². The summed E-state index contributed by atoms with van der Waals surface area (Å²) in [5, 5.41) is 0. The molecular weight excluding hydrogens is 176 g/mol. The van der Waals surface area contributed by atoms with Crippen LogP contribution in [0, 0.1) is 11.8 Å². The number of carbonyl (C=O) groups is 1. The number of fused-ring (bicyclic) bond motifs is 3. The maximum Gasteiger partial charge on any atom is 0.152 e. The topological polar surface area (TPSA) is 26.3 Å². The summed E-state index contributed by atoms with van der Waals surface area (Å²) in [7, 11) is 0. The number of hydrogen-bond acceptors (Lipinski definition) is 2. The summed E-state index contributed by atoms with van der Waals surface area (Å²) in [5.41, 5.74) is -0.392. The predicted octanol–water partition coefficient (Wildman–Crippen LogP) is 2.56. The van der Waals surface area contributed by atoms with Gasteiger partial charge >= 0.3 is 0 Å². The monoisotopic (exact) mass is 196 g/mol. The number of rotatable bonds is 4.